The number of hydrogen-bond donors (Lipinski definition) is 0. The maximum atomic E-state index is 6.29. The number of aromatic nitrogens is 1. The van der Waals surface area contributed by atoms with Gasteiger partial charge in [-0.05, 0) is 80.1 Å². The van der Waals surface area contributed by atoms with Crippen molar-refractivity contribution in [3.05, 3.63) is 83.0 Å². The molecule has 0 aliphatic heterocycles. The SMILES string of the molecule is CCCOc1ccc2oc(-c3ccc(OC)cc3)cc(=Nc3nc(-c4ccc(OC)cc4)c(C)s3)c2c1. The van der Waals surface area contributed by atoms with Gasteiger partial charge in [-0.3, -0.25) is 0 Å². The van der Waals surface area contributed by atoms with Crippen LogP contribution in [0.25, 0.3) is 33.6 Å². The summed E-state index contributed by atoms with van der Waals surface area (Å²) in [7, 11) is 3.32. The number of ether oxygens (including phenoxy) is 3. The predicted octanol–water partition coefficient (Wildman–Crippen LogP) is 7.57. The first kappa shape index (κ1) is 24.6. The van der Waals surface area contributed by atoms with Gasteiger partial charge in [-0.25, -0.2) is 9.98 Å². The Kier molecular flexibility index (Phi) is 7.23. The molecule has 0 atom stereocenters. The van der Waals surface area contributed by atoms with E-state index in [9.17, 15) is 0 Å². The fourth-order valence-electron chi connectivity index (χ4n) is 4.00. The van der Waals surface area contributed by atoms with E-state index in [0.29, 0.717) is 17.5 Å². The zero-order valence-corrected chi connectivity index (χ0v) is 22.1. The summed E-state index contributed by atoms with van der Waals surface area (Å²) in [6.45, 7) is 4.80. The van der Waals surface area contributed by atoms with Crippen molar-refractivity contribution in [3.63, 3.8) is 0 Å². The van der Waals surface area contributed by atoms with E-state index in [1.165, 1.54) is 0 Å². The number of hydrogen-bond acceptors (Lipinski definition) is 7. The molecule has 2 aromatic heterocycles. The number of thiazole rings is 1. The number of rotatable bonds is 8. The fourth-order valence-corrected chi connectivity index (χ4v) is 4.81. The summed E-state index contributed by atoms with van der Waals surface area (Å²) in [6.07, 6.45) is 0.933. The lowest BCUT2D eigenvalue weighted by molar-refractivity contribution is 0.317. The minimum Gasteiger partial charge on any atom is -0.497 e. The molecule has 0 saturated carbocycles. The van der Waals surface area contributed by atoms with E-state index < -0.39 is 0 Å². The zero-order chi connectivity index (χ0) is 25.8. The van der Waals surface area contributed by atoms with Gasteiger partial charge in [0.15, 0.2) is 0 Å². The molecule has 37 heavy (non-hydrogen) atoms. The molecule has 0 N–H and O–H groups in total. The van der Waals surface area contributed by atoms with E-state index >= 15 is 0 Å². The summed E-state index contributed by atoms with van der Waals surface area (Å²) in [6, 6.07) is 23.5. The van der Waals surface area contributed by atoms with Gasteiger partial charge in [0.05, 0.1) is 31.9 Å². The summed E-state index contributed by atoms with van der Waals surface area (Å²) >= 11 is 1.56. The lowest BCUT2D eigenvalue weighted by Gasteiger charge is -2.08. The van der Waals surface area contributed by atoms with E-state index in [4.69, 9.17) is 28.6 Å². The van der Waals surface area contributed by atoms with Crippen LogP contribution in [0, 0.1) is 6.92 Å². The maximum absolute atomic E-state index is 6.29. The van der Waals surface area contributed by atoms with Crippen LogP contribution in [0.15, 0.2) is 82.2 Å². The second kappa shape index (κ2) is 10.9. The molecule has 188 valence electrons. The zero-order valence-electron chi connectivity index (χ0n) is 21.3. The molecule has 5 rings (SSSR count). The highest BCUT2D eigenvalue weighted by Gasteiger charge is 2.12. The molecule has 0 saturated heterocycles. The van der Waals surface area contributed by atoms with Crippen LogP contribution < -0.4 is 19.6 Å². The van der Waals surface area contributed by atoms with Crippen LogP contribution in [-0.4, -0.2) is 25.8 Å². The van der Waals surface area contributed by atoms with Crippen molar-refractivity contribution >= 4 is 27.4 Å². The molecule has 0 fully saturated rings. The van der Waals surface area contributed by atoms with Gasteiger partial charge in [-0.1, -0.05) is 18.3 Å². The number of methoxy groups -OCH3 is 2. The van der Waals surface area contributed by atoms with Crippen molar-refractivity contribution in [3.8, 4) is 39.8 Å². The third-order valence-electron chi connectivity index (χ3n) is 5.93. The normalized spacial score (nSPS) is 11.6. The quantitative estimate of drug-likeness (QED) is 0.214. The Hall–Kier alpha value is -4.10. The predicted molar refractivity (Wildman–Crippen MR) is 148 cm³/mol. The highest BCUT2D eigenvalue weighted by molar-refractivity contribution is 7.15. The van der Waals surface area contributed by atoms with Crippen LogP contribution in [0.4, 0.5) is 5.13 Å². The molecule has 7 heteroatoms. The molecule has 5 aromatic rings. The lowest BCUT2D eigenvalue weighted by atomic mass is 10.1. The van der Waals surface area contributed by atoms with Crippen molar-refractivity contribution in [2.45, 2.75) is 20.3 Å². The Morgan fingerprint density at radius 1 is 0.838 bits per heavy atom. The van der Waals surface area contributed by atoms with Crippen molar-refractivity contribution in [1.82, 2.24) is 4.98 Å². The summed E-state index contributed by atoms with van der Waals surface area (Å²) < 4.78 is 22.8. The Bertz CT molecular complexity index is 1590. The third kappa shape index (κ3) is 5.37. The van der Waals surface area contributed by atoms with Gasteiger partial charge >= 0.3 is 0 Å². The van der Waals surface area contributed by atoms with E-state index in [2.05, 4.69) is 13.8 Å². The molecular weight excluding hydrogens is 484 g/mol. The van der Waals surface area contributed by atoms with Gasteiger partial charge in [-0.2, -0.15) is 0 Å². The fraction of sp³-hybridized carbons (Fsp3) is 0.200. The summed E-state index contributed by atoms with van der Waals surface area (Å²) in [5.41, 5.74) is 3.59. The Balaban J connectivity index is 1.64. The Labute approximate surface area is 219 Å². The summed E-state index contributed by atoms with van der Waals surface area (Å²) in [5, 5.41) is 2.31. The topological polar surface area (TPSA) is 66.1 Å². The number of nitrogens with zero attached hydrogens (tertiary/aromatic N) is 2. The third-order valence-corrected chi connectivity index (χ3v) is 6.79. The molecule has 3 aromatic carbocycles. The Morgan fingerprint density at radius 2 is 1.49 bits per heavy atom. The molecule has 0 aliphatic carbocycles. The second-order valence-corrected chi connectivity index (χ2v) is 9.65. The van der Waals surface area contributed by atoms with Crippen molar-refractivity contribution in [2.24, 2.45) is 4.99 Å². The van der Waals surface area contributed by atoms with Crippen LogP contribution in [0.1, 0.15) is 18.2 Å². The highest BCUT2D eigenvalue weighted by atomic mass is 32.1. The van der Waals surface area contributed by atoms with Crippen LogP contribution >= 0.6 is 11.3 Å². The van der Waals surface area contributed by atoms with Crippen LogP contribution in [0.2, 0.25) is 0 Å². The van der Waals surface area contributed by atoms with Gasteiger partial charge in [-0.15, -0.1) is 0 Å². The van der Waals surface area contributed by atoms with Gasteiger partial charge in [0, 0.05) is 27.5 Å². The molecular formula is C30H28N2O4S. The van der Waals surface area contributed by atoms with Crippen LogP contribution in [-0.2, 0) is 0 Å². The summed E-state index contributed by atoms with van der Waals surface area (Å²) in [4.78, 5) is 11.0. The minimum atomic E-state index is 0.649. The largest absolute Gasteiger partial charge is 0.497 e. The van der Waals surface area contributed by atoms with Crippen molar-refractivity contribution in [2.75, 3.05) is 20.8 Å². The Morgan fingerprint density at radius 3 is 2.14 bits per heavy atom. The van der Waals surface area contributed by atoms with Crippen LogP contribution in [0.3, 0.4) is 0 Å². The first-order valence-corrected chi connectivity index (χ1v) is 12.9. The van der Waals surface area contributed by atoms with Crippen molar-refractivity contribution in [1.29, 1.82) is 0 Å². The molecule has 6 nitrogen and oxygen atoms in total. The van der Waals surface area contributed by atoms with E-state index in [-0.39, 0.29) is 0 Å². The molecule has 2 heterocycles. The van der Waals surface area contributed by atoms with Crippen molar-refractivity contribution < 1.29 is 18.6 Å². The lowest BCUT2D eigenvalue weighted by Crippen LogP contribution is -2.04. The monoisotopic (exact) mass is 512 g/mol. The van der Waals surface area contributed by atoms with E-state index in [1.807, 2.05) is 72.8 Å². The van der Waals surface area contributed by atoms with E-state index in [0.717, 1.165) is 61.7 Å². The standard InChI is InChI=1S/C30H28N2O4S/c1-5-16-35-24-14-15-27-25(17-24)26(18-28(36-27)20-6-10-22(33-3)11-7-20)31-30-32-29(19(2)37-30)21-8-12-23(34-4)13-9-21/h6-15,17-18H,5,16H2,1-4H3. The number of benzene rings is 3. The van der Waals surface area contributed by atoms with Gasteiger partial charge in [0.2, 0.25) is 5.13 Å². The molecule has 0 unspecified atom stereocenters. The van der Waals surface area contributed by atoms with Gasteiger partial charge < -0.3 is 18.6 Å². The smallest absolute Gasteiger partial charge is 0.210 e. The molecule has 0 spiro atoms. The maximum Gasteiger partial charge on any atom is 0.210 e. The summed E-state index contributed by atoms with van der Waals surface area (Å²) in [5.74, 6) is 3.09. The minimum absolute atomic E-state index is 0.649. The number of fused-ring (bicyclic) bond motifs is 1. The average molecular weight is 513 g/mol. The van der Waals surface area contributed by atoms with Gasteiger partial charge in [0.1, 0.15) is 28.6 Å². The van der Waals surface area contributed by atoms with Crippen LogP contribution in [0.5, 0.6) is 17.2 Å². The second-order valence-electron chi connectivity index (χ2n) is 8.47. The average Bonchev–Trinajstić information content (AvgIpc) is 3.31. The molecule has 0 amide bonds. The number of aryl methyl sites for hydroxylation is 1. The molecule has 0 radical (unpaired) electrons. The molecule has 0 bridgehead atoms. The highest BCUT2D eigenvalue weighted by Crippen LogP contribution is 2.33. The van der Waals surface area contributed by atoms with Gasteiger partial charge in [0.25, 0.3) is 0 Å². The van der Waals surface area contributed by atoms with E-state index in [1.54, 1.807) is 25.6 Å². The molecule has 0 aliphatic rings. The first-order valence-electron chi connectivity index (χ1n) is 12.1. The first-order chi connectivity index (χ1) is 18.1.